The van der Waals surface area contributed by atoms with E-state index in [0.717, 1.165) is 30.5 Å². The van der Waals surface area contributed by atoms with Crippen LogP contribution in [-0.4, -0.2) is 36.6 Å². The first kappa shape index (κ1) is 12.9. The fourth-order valence-corrected chi connectivity index (χ4v) is 2.58. The van der Waals surface area contributed by atoms with E-state index in [1.165, 1.54) is 0 Å². The molecule has 2 aromatic rings. The highest BCUT2D eigenvalue weighted by atomic mass is 16.1. The molecule has 0 atom stereocenters. The van der Waals surface area contributed by atoms with Gasteiger partial charge in [-0.3, -0.25) is 4.79 Å². The molecule has 1 saturated heterocycles. The average molecular weight is 270 g/mol. The van der Waals surface area contributed by atoms with Crippen LogP contribution < -0.4 is 16.0 Å². The molecular weight excluding hydrogens is 252 g/mol. The number of pyridine rings is 1. The third-order valence-electron chi connectivity index (χ3n) is 3.78. The second kappa shape index (κ2) is 5.09. The first-order chi connectivity index (χ1) is 9.70. The predicted molar refractivity (Wildman–Crippen MR) is 79.9 cm³/mol. The van der Waals surface area contributed by atoms with Crippen LogP contribution in [0.4, 0.5) is 5.82 Å². The second-order valence-electron chi connectivity index (χ2n) is 5.01. The molecule has 104 valence electrons. The molecule has 3 N–H and O–H groups in total. The average Bonchev–Trinajstić information content (AvgIpc) is 2.41. The summed E-state index contributed by atoms with van der Waals surface area (Å²) in [5, 5.41) is 4.18. The summed E-state index contributed by atoms with van der Waals surface area (Å²) >= 11 is 0. The van der Waals surface area contributed by atoms with Crippen molar-refractivity contribution in [2.45, 2.75) is 13.0 Å². The third-order valence-corrected chi connectivity index (χ3v) is 3.78. The summed E-state index contributed by atoms with van der Waals surface area (Å²) < 4.78 is 0. The van der Waals surface area contributed by atoms with Gasteiger partial charge in [-0.05, 0) is 19.1 Å². The van der Waals surface area contributed by atoms with Gasteiger partial charge in [0.25, 0.3) is 5.91 Å². The number of nitrogens with two attached hydrogens (primary N) is 1. The number of carbonyl (C=O) groups excluding carboxylic acids is 1. The van der Waals surface area contributed by atoms with Crippen LogP contribution in [0.5, 0.6) is 0 Å². The highest BCUT2D eigenvalue weighted by molar-refractivity contribution is 6.01. The van der Waals surface area contributed by atoms with Gasteiger partial charge in [0.15, 0.2) is 0 Å². The van der Waals surface area contributed by atoms with Crippen LogP contribution in [-0.2, 0) is 0 Å². The number of likely N-dealkylation sites (N-methyl/N-ethyl adjacent to an activating group) is 1. The maximum Gasteiger partial charge on any atom is 0.252 e. The first-order valence-corrected chi connectivity index (χ1v) is 6.87. The van der Waals surface area contributed by atoms with Gasteiger partial charge < -0.3 is 16.0 Å². The number of nitrogens with zero attached hydrogens (tertiary/aromatic N) is 2. The molecule has 0 bridgehead atoms. The first-order valence-electron chi connectivity index (χ1n) is 6.87. The summed E-state index contributed by atoms with van der Waals surface area (Å²) in [5.74, 6) is 0.272. The molecule has 1 aromatic carbocycles. The van der Waals surface area contributed by atoms with Crippen LogP contribution in [0.1, 0.15) is 17.3 Å². The Hall–Kier alpha value is -2.14. The van der Waals surface area contributed by atoms with Crippen molar-refractivity contribution >= 4 is 22.6 Å². The second-order valence-corrected chi connectivity index (χ2v) is 5.01. The highest BCUT2D eigenvalue weighted by Crippen LogP contribution is 2.25. The Bertz CT molecular complexity index is 651. The van der Waals surface area contributed by atoms with Gasteiger partial charge in [-0.15, -0.1) is 0 Å². The Kier molecular flexibility index (Phi) is 3.28. The zero-order valence-corrected chi connectivity index (χ0v) is 11.5. The number of anilines is 1. The van der Waals surface area contributed by atoms with Crippen molar-refractivity contribution in [2.24, 2.45) is 5.73 Å². The number of rotatable bonds is 4. The molecule has 0 saturated carbocycles. The van der Waals surface area contributed by atoms with E-state index in [9.17, 15) is 4.79 Å². The molecule has 20 heavy (non-hydrogen) atoms. The number of hydrogen-bond acceptors (Lipinski definition) is 4. The number of carbonyl (C=O) groups is 1. The van der Waals surface area contributed by atoms with Gasteiger partial charge in [0.1, 0.15) is 5.82 Å². The minimum atomic E-state index is -0.427. The molecule has 0 aliphatic carbocycles. The maximum atomic E-state index is 11.8. The lowest BCUT2D eigenvalue weighted by Crippen LogP contribution is -2.58. The maximum absolute atomic E-state index is 11.8. The molecule has 1 aromatic heterocycles. The van der Waals surface area contributed by atoms with Crippen LogP contribution in [0.2, 0.25) is 0 Å². The number of fused-ring (bicyclic) bond motifs is 1. The van der Waals surface area contributed by atoms with E-state index in [4.69, 9.17) is 5.73 Å². The summed E-state index contributed by atoms with van der Waals surface area (Å²) in [5.41, 5.74) is 6.92. The Labute approximate surface area is 117 Å². The van der Waals surface area contributed by atoms with E-state index < -0.39 is 5.91 Å². The molecule has 5 nitrogen and oxygen atoms in total. The van der Waals surface area contributed by atoms with Crippen molar-refractivity contribution in [3.63, 3.8) is 0 Å². The summed E-state index contributed by atoms with van der Waals surface area (Å²) in [4.78, 5) is 18.6. The van der Waals surface area contributed by atoms with Crippen LogP contribution in [0, 0.1) is 0 Å². The largest absolute Gasteiger partial charge is 0.365 e. The van der Waals surface area contributed by atoms with Crippen molar-refractivity contribution in [3.05, 3.63) is 35.9 Å². The minimum Gasteiger partial charge on any atom is -0.365 e. The number of aromatic nitrogens is 1. The summed E-state index contributed by atoms with van der Waals surface area (Å²) in [6.45, 7) is 4.71. The number of primary amides is 1. The Morgan fingerprint density at radius 1 is 1.45 bits per heavy atom. The van der Waals surface area contributed by atoms with Crippen LogP contribution in [0.15, 0.2) is 30.3 Å². The minimum absolute atomic E-state index is 0.381. The smallest absolute Gasteiger partial charge is 0.252 e. The van der Waals surface area contributed by atoms with E-state index in [1.54, 1.807) is 0 Å². The molecule has 1 aliphatic rings. The molecule has 2 heterocycles. The standard InChI is InChI=1S/C15H18N4O/c1-2-19(11-8-17-9-11)15-12(14(16)20)7-10-5-3-4-6-13(10)18-15/h3-7,11,17H,2,8-9H2,1H3,(H2,16,20). The van der Waals surface area contributed by atoms with Gasteiger partial charge >= 0.3 is 0 Å². The molecule has 0 radical (unpaired) electrons. The fourth-order valence-electron chi connectivity index (χ4n) is 2.58. The van der Waals surface area contributed by atoms with Gasteiger partial charge in [0, 0.05) is 25.0 Å². The molecule has 0 unspecified atom stereocenters. The van der Waals surface area contributed by atoms with Crippen molar-refractivity contribution in [1.29, 1.82) is 0 Å². The number of hydrogen-bond donors (Lipinski definition) is 2. The van der Waals surface area contributed by atoms with Gasteiger partial charge in [0.2, 0.25) is 0 Å². The van der Waals surface area contributed by atoms with Gasteiger partial charge in [-0.1, -0.05) is 18.2 Å². The lowest BCUT2D eigenvalue weighted by molar-refractivity contribution is 0.100. The van der Waals surface area contributed by atoms with Crippen LogP contribution >= 0.6 is 0 Å². The van der Waals surface area contributed by atoms with Crippen molar-refractivity contribution in [2.75, 3.05) is 24.5 Å². The van der Waals surface area contributed by atoms with E-state index in [0.29, 0.717) is 17.4 Å². The van der Waals surface area contributed by atoms with Crippen molar-refractivity contribution in [1.82, 2.24) is 10.3 Å². The normalized spacial score (nSPS) is 15.1. The molecule has 1 fully saturated rings. The monoisotopic (exact) mass is 270 g/mol. The van der Waals surface area contributed by atoms with E-state index >= 15 is 0 Å². The Morgan fingerprint density at radius 3 is 2.80 bits per heavy atom. The molecular formula is C15H18N4O. The number of amides is 1. The SMILES string of the molecule is CCN(c1nc2ccccc2cc1C(N)=O)C1CNC1. The van der Waals surface area contributed by atoms with Gasteiger partial charge in [0.05, 0.1) is 17.1 Å². The summed E-state index contributed by atoms with van der Waals surface area (Å²) in [6.07, 6.45) is 0. The zero-order chi connectivity index (χ0) is 14.1. The quantitative estimate of drug-likeness (QED) is 0.873. The lowest BCUT2D eigenvalue weighted by atomic mass is 10.1. The zero-order valence-electron chi connectivity index (χ0n) is 11.5. The van der Waals surface area contributed by atoms with E-state index in [1.807, 2.05) is 30.3 Å². The van der Waals surface area contributed by atoms with E-state index in [2.05, 4.69) is 22.1 Å². The highest BCUT2D eigenvalue weighted by Gasteiger charge is 2.27. The molecule has 5 heteroatoms. The Morgan fingerprint density at radius 2 is 2.20 bits per heavy atom. The predicted octanol–water partition coefficient (Wildman–Crippen LogP) is 1.13. The summed E-state index contributed by atoms with van der Waals surface area (Å²) in [7, 11) is 0. The molecule has 0 spiro atoms. The fraction of sp³-hybridized carbons (Fsp3) is 0.333. The number of nitrogens with one attached hydrogen (secondary N) is 1. The molecule has 1 amide bonds. The van der Waals surface area contributed by atoms with Gasteiger partial charge in [-0.25, -0.2) is 4.98 Å². The van der Waals surface area contributed by atoms with Gasteiger partial charge in [-0.2, -0.15) is 0 Å². The lowest BCUT2D eigenvalue weighted by Gasteiger charge is -2.39. The van der Waals surface area contributed by atoms with Crippen LogP contribution in [0.3, 0.4) is 0 Å². The topological polar surface area (TPSA) is 71.2 Å². The Balaban J connectivity index is 2.15. The molecule has 1 aliphatic heterocycles. The number of para-hydroxylation sites is 1. The van der Waals surface area contributed by atoms with Crippen LogP contribution in [0.25, 0.3) is 10.9 Å². The molecule has 3 rings (SSSR count). The number of benzene rings is 1. The van der Waals surface area contributed by atoms with E-state index in [-0.39, 0.29) is 0 Å². The third kappa shape index (κ3) is 2.10. The van der Waals surface area contributed by atoms with Crippen molar-refractivity contribution < 1.29 is 4.79 Å². The van der Waals surface area contributed by atoms with Crippen molar-refractivity contribution in [3.8, 4) is 0 Å². The summed E-state index contributed by atoms with van der Waals surface area (Å²) in [6, 6.07) is 10.0.